The van der Waals surface area contributed by atoms with Crippen molar-refractivity contribution in [2.75, 3.05) is 19.8 Å². The summed E-state index contributed by atoms with van der Waals surface area (Å²) in [6.07, 6.45) is 2.33. The number of hydrogen-bond donors (Lipinski definition) is 3. The Labute approximate surface area is 122 Å². The minimum absolute atomic E-state index is 0.109. The van der Waals surface area contributed by atoms with Gasteiger partial charge < -0.3 is 14.9 Å². The van der Waals surface area contributed by atoms with E-state index in [1.165, 1.54) is 0 Å². The van der Waals surface area contributed by atoms with Crippen LogP contribution in [0.5, 0.6) is 5.75 Å². The number of ether oxygens (including phenoxy) is 1. The van der Waals surface area contributed by atoms with Gasteiger partial charge >= 0.3 is 5.97 Å². The Morgan fingerprint density at radius 2 is 2.10 bits per heavy atom. The Kier molecular flexibility index (Phi) is 4.81. The third-order valence-corrected chi connectivity index (χ3v) is 4.56. The summed E-state index contributed by atoms with van der Waals surface area (Å²) in [6, 6.07) is 3.11. The lowest BCUT2D eigenvalue weighted by molar-refractivity contribution is 0.0693. The lowest BCUT2D eigenvalue weighted by Gasteiger charge is -2.08. The fourth-order valence-corrected chi connectivity index (χ4v) is 2.76. The predicted molar refractivity (Wildman–Crippen MR) is 73.8 cm³/mol. The largest absolute Gasteiger partial charge is 0.507 e. The van der Waals surface area contributed by atoms with Gasteiger partial charge in [0.2, 0.25) is 10.0 Å². The topological polar surface area (TPSA) is 113 Å². The van der Waals surface area contributed by atoms with Gasteiger partial charge in [0.25, 0.3) is 0 Å². The standard InChI is InChI=1S/C13H17NO6S/c15-12-4-3-10(7-11(12)13(16)17)21(18,19)14-5-6-20-8-9-1-2-9/h3-4,7,9,14-15H,1-2,5-6,8H2,(H,16,17). The molecule has 0 heterocycles. The van der Waals surface area contributed by atoms with E-state index in [1.807, 2.05) is 0 Å². The highest BCUT2D eigenvalue weighted by Gasteiger charge is 2.21. The van der Waals surface area contributed by atoms with Gasteiger partial charge in [-0.15, -0.1) is 0 Å². The number of carbonyl (C=O) groups is 1. The molecule has 0 unspecified atom stereocenters. The normalized spacial score (nSPS) is 15.0. The van der Waals surface area contributed by atoms with E-state index >= 15 is 0 Å². The second-order valence-electron chi connectivity index (χ2n) is 4.90. The average molecular weight is 315 g/mol. The molecule has 0 amide bonds. The molecule has 0 spiro atoms. The molecule has 1 aromatic carbocycles. The highest BCUT2D eigenvalue weighted by atomic mass is 32.2. The highest BCUT2D eigenvalue weighted by Crippen LogP contribution is 2.28. The van der Waals surface area contributed by atoms with Crippen molar-refractivity contribution in [3.63, 3.8) is 0 Å². The van der Waals surface area contributed by atoms with Gasteiger partial charge in [0.05, 0.1) is 11.5 Å². The molecular formula is C13H17NO6S. The van der Waals surface area contributed by atoms with Crippen LogP contribution in [0.4, 0.5) is 0 Å². The van der Waals surface area contributed by atoms with Crippen molar-refractivity contribution in [3.05, 3.63) is 23.8 Å². The van der Waals surface area contributed by atoms with E-state index in [4.69, 9.17) is 9.84 Å². The lowest BCUT2D eigenvalue weighted by Crippen LogP contribution is -2.27. The zero-order valence-electron chi connectivity index (χ0n) is 11.3. The fraction of sp³-hybridized carbons (Fsp3) is 0.462. The third-order valence-electron chi connectivity index (χ3n) is 3.10. The van der Waals surface area contributed by atoms with E-state index < -0.39 is 27.3 Å². The summed E-state index contributed by atoms with van der Waals surface area (Å²) in [6.45, 7) is 1.02. The van der Waals surface area contributed by atoms with Crippen molar-refractivity contribution in [1.82, 2.24) is 4.72 Å². The summed E-state index contributed by atoms with van der Waals surface area (Å²) in [5.74, 6) is -1.26. The molecule has 8 heteroatoms. The molecule has 1 aromatic rings. The minimum Gasteiger partial charge on any atom is -0.507 e. The van der Waals surface area contributed by atoms with E-state index in [0.717, 1.165) is 31.0 Å². The number of nitrogens with one attached hydrogen (secondary N) is 1. The molecule has 0 atom stereocenters. The van der Waals surface area contributed by atoms with Crippen molar-refractivity contribution in [3.8, 4) is 5.75 Å². The van der Waals surface area contributed by atoms with Gasteiger partial charge in [-0.25, -0.2) is 17.9 Å². The van der Waals surface area contributed by atoms with Gasteiger partial charge in [-0.05, 0) is 37.0 Å². The Morgan fingerprint density at radius 3 is 2.71 bits per heavy atom. The molecule has 2 rings (SSSR count). The molecule has 1 fully saturated rings. The van der Waals surface area contributed by atoms with Crippen LogP contribution < -0.4 is 4.72 Å². The summed E-state index contributed by atoms with van der Waals surface area (Å²) in [5.41, 5.74) is -0.456. The van der Waals surface area contributed by atoms with E-state index in [9.17, 15) is 18.3 Å². The number of benzene rings is 1. The maximum absolute atomic E-state index is 12.0. The van der Waals surface area contributed by atoms with Gasteiger partial charge in [0.1, 0.15) is 11.3 Å². The number of phenols is 1. The predicted octanol–water partition coefficient (Wildman–Crippen LogP) is 0.795. The van der Waals surface area contributed by atoms with Crippen molar-refractivity contribution in [2.45, 2.75) is 17.7 Å². The van der Waals surface area contributed by atoms with Crippen LogP contribution in [-0.4, -0.2) is 44.4 Å². The third kappa shape index (κ3) is 4.42. The number of hydrogen-bond acceptors (Lipinski definition) is 5. The first-order valence-corrected chi connectivity index (χ1v) is 8.02. The lowest BCUT2D eigenvalue weighted by atomic mass is 10.2. The quantitative estimate of drug-likeness (QED) is 0.611. The van der Waals surface area contributed by atoms with Gasteiger partial charge in [-0.3, -0.25) is 0 Å². The molecule has 7 nitrogen and oxygen atoms in total. The molecule has 0 bridgehead atoms. The second-order valence-corrected chi connectivity index (χ2v) is 6.67. The Balaban J connectivity index is 1.94. The van der Waals surface area contributed by atoms with E-state index in [1.54, 1.807) is 0 Å². The first kappa shape index (κ1) is 15.7. The van der Waals surface area contributed by atoms with Crippen LogP contribution in [0.3, 0.4) is 0 Å². The van der Waals surface area contributed by atoms with Crippen LogP contribution in [0.2, 0.25) is 0 Å². The van der Waals surface area contributed by atoms with E-state index in [0.29, 0.717) is 12.5 Å². The highest BCUT2D eigenvalue weighted by molar-refractivity contribution is 7.89. The van der Waals surface area contributed by atoms with Crippen molar-refractivity contribution >= 4 is 16.0 Å². The first-order chi connectivity index (χ1) is 9.90. The summed E-state index contributed by atoms with van der Waals surface area (Å²) >= 11 is 0. The minimum atomic E-state index is -3.82. The van der Waals surface area contributed by atoms with Crippen LogP contribution in [0, 0.1) is 5.92 Å². The zero-order valence-corrected chi connectivity index (χ0v) is 12.1. The van der Waals surface area contributed by atoms with Crippen LogP contribution >= 0.6 is 0 Å². The molecule has 21 heavy (non-hydrogen) atoms. The van der Waals surface area contributed by atoms with Crippen molar-refractivity contribution in [2.24, 2.45) is 5.92 Å². The number of carboxylic acid groups (broad SMARTS) is 1. The van der Waals surface area contributed by atoms with Crippen molar-refractivity contribution < 1.29 is 28.2 Å². The van der Waals surface area contributed by atoms with Gasteiger partial charge in [-0.2, -0.15) is 0 Å². The van der Waals surface area contributed by atoms with Crippen LogP contribution in [0.1, 0.15) is 23.2 Å². The van der Waals surface area contributed by atoms with Gasteiger partial charge in [-0.1, -0.05) is 0 Å². The summed E-state index contributed by atoms with van der Waals surface area (Å²) in [5, 5.41) is 18.2. The Morgan fingerprint density at radius 1 is 1.38 bits per heavy atom. The van der Waals surface area contributed by atoms with E-state index in [2.05, 4.69) is 4.72 Å². The van der Waals surface area contributed by atoms with Crippen LogP contribution in [-0.2, 0) is 14.8 Å². The van der Waals surface area contributed by atoms with Crippen molar-refractivity contribution in [1.29, 1.82) is 0 Å². The number of carboxylic acids is 1. The molecule has 0 aromatic heterocycles. The van der Waals surface area contributed by atoms with Crippen LogP contribution in [0.15, 0.2) is 23.1 Å². The first-order valence-electron chi connectivity index (χ1n) is 6.54. The number of rotatable bonds is 8. The molecule has 116 valence electrons. The zero-order chi connectivity index (χ0) is 15.5. The SMILES string of the molecule is O=C(O)c1cc(S(=O)(=O)NCCOCC2CC2)ccc1O. The Hall–Kier alpha value is -1.64. The second kappa shape index (κ2) is 6.42. The maximum Gasteiger partial charge on any atom is 0.339 e. The number of aromatic carboxylic acids is 1. The summed E-state index contributed by atoms with van der Waals surface area (Å²) in [4.78, 5) is 10.7. The van der Waals surface area contributed by atoms with Crippen LogP contribution in [0.25, 0.3) is 0 Å². The molecule has 3 N–H and O–H groups in total. The molecular weight excluding hydrogens is 298 g/mol. The van der Waals surface area contributed by atoms with Gasteiger partial charge in [0, 0.05) is 13.2 Å². The monoisotopic (exact) mass is 315 g/mol. The Bertz CT molecular complexity index is 624. The molecule has 0 radical (unpaired) electrons. The molecule has 0 saturated heterocycles. The molecule has 1 aliphatic carbocycles. The summed E-state index contributed by atoms with van der Waals surface area (Å²) in [7, 11) is -3.82. The van der Waals surface area contributed by atoms with Gasteiger partial charge in [0.15, 0.2) is 0 Å². The maximum atomic E-state index is 12.0. The summed E-state index contributed by atoms with van der Waals surface area (Å²) < 4.78 is 31.6. The average Bonchev–Trinajstić information content (AvgIpc) is 3.22. The molecule has 1 saturated carbocycles. The molecule has 1 aliphatic rings. The molecule has 0 aliphatic heterocycles. The fourth-order valence-electron chi connectivity index (χ4n) is 1.72. The number of aromatic hydroxyl groups is 1. The smallest absolute Gasteiger partial charge is 0.339 e. The number of sulfonamides is 1. The van der Waals surface area contributed by atoms with E-state index in [-0.39, 0.29) is 18.0 Å².